The summed E-state index contributed by atoms with van der Waals surface area (Å²) in [4.78, 5) is 10.7. The molecule has 21 heavy (non-hydrogen) atoms. The maximum Gasteiger partial charge on any atom is 0.325 e. The summed E-state index contributed by atoms with van der Waals surface area (Å²) in [5.41, 5.74) is 1.17. The molecule has 0 spiro atoms. The van der Waals surface area contributed by atoms with Gasteiger partial charge in [-0.3, -0.25) is 4.79 Å². The van der Waals surface area contributed by atoms with Crippen LogP contribution < -0.4 is 0 Å². The van der Waals surface area contributed by atoms with Gasteiger partial charge in [0.05, 0.1) is 0 Å². The Hall–Kier alpha value is -2.41. The van der Waals surface area contributed by atoms with Crippen molar-refractivity contribution in [2.45, 2.75) is 17.5 Å². The van der Waals surface area contributed by atoms with Crippen molar-refractivity contribution in [3.63, 3.8) is 0 Å². The van der Waals surface area contributed by atoms with E-state index in [0.29, 0.717) is 10.9 Å². The maximum absolute atomic E-state index is 10.7. The number of benzene rings is 2. The molecule has 7 heteroatoms. The topological polar surface area (TPSA) is 80.9 Å². The van der Waals surface area contributed by atoms with Crippen molar-refractivity contribution < 1.29 is 9.90 Å². The number of carboxylic acids is 1. The highest BCUT2D eigenvalue weighted by atomic mass is 32.2. The molecule has 1 N–H and O–H groups in total. The molecule has 0 unspecified atom stereocenters. The van der Waals surface area contributed by atoms with E-state index >= 15 is 0 Å². The zero-order chi connectivity index (χ0) is 14.7. The first-order valence-corrected chi connectivity index (χ1v) is 7.30. The molecule has 3 rings (SSSR count). The van der Waals surface area contributed by atoms with Crippen LogP contribution in [0.3, 0.4) is 0 Å². The summed E-state index contributed by atoms with van der Waals surface area (Å²) in [5, 5.41) is 22.8. The molecule has 0 aliphatic heterocycles. The number of carboxylic acid groups (broad SMARTS) is 1. The Morgan fingerprint density at radius 3 is 2.86 bits per heavy atom. The molecule has 3 aromatic rings. The lowest BCUT2D eigenvalue weighted by atomic mass is 10.1. The van der Waals surface area contributed by atoms with Crippen LogP contribution >= 0.6 is 11.8 Å². The number of carbonyl (C=O) groups is 1. The second-order valence-electron chi connectivity index (χ2n) is 4.44. The first-order chi connectivity index (χ1) is 10.2. The van der Waals surface area contributed by atoms with Gasteiger partial charge in [0.2, 0.25) is 5.16 Å². The third kappa shape index (κ3) is 3.03. The molecule has 0 aliphatic carbocycles. The van der Waals surface area contributed by atoms with Gasteiger partial charge in [0.25, 0.3) is 0 Å². The fourth-order valence-electron chi connectivity index (χ4n) is 2.09. The molecule has 2 aromatic carbocycles. The summed E-state index contributed by atoms with van der Waals surface area (Å²) < 4.78 is 1.29. The van der Waals surface area contributed by atoms with Gasteiger partial charge in [-0.1, -0.05) is 54.2 Å². The molecule has 106 valence electrons. The normalized spacial score (nSPS) is 10.9. The van der Waals surface area contributed by atoms with E-state index in [-0.39, 0.29) is 6.54 Å². The van der Waals surface area contributed by atoms with Crippen LogP contribution in [0.5, 0.6) is 0 Å². The first kappa shape index (κ1) is 13.6. The standard InChI is InChI=1S/C14H12N4O2S/c19-13(20)8-18-14(15-16-17-18)21-9-11-6-3-5-10-4-1-2-7-12(10)11/h1-7H,8-9H2,(H,19,20). The van der Waals surface area contributed by atoms with Crippen LogP contribution in [0.25, 0.3) is 10.8 Å². The van der Waals surface area contributed by atoms with Gasteiger partial charge in [-0.2, -0.15) is 0 Å². The van der Waals surface area contributed by atoms with Crippen LogP contribution in [0.2, 0.25) is 0 Å². The second-order valence-corrected chi connectivity index (χ2v) is 5.38. The van der Waals surface area contributed by atoms with E-state index in [1.165, 1.54) is 32.8 Å². The fourth-order valence-corrected chi connectivity index (χ4v) is 2.97. The van der Waals surface area contributed by atoms with E-state index in [9.17, 15) is 4.79 Å². The number of nitrogens with zero attached hydrogens (tertiary/aromatic N) is 4. The summed E-state index contributed by atoms with van der Waals surface area (Å²) in [6.45, 7) is -0.231. The Bertz CT molecular complexity index is 782. The Kier molecular flexibility index (Phi) is 3.83. The highest BCUT2D eigenvalue weighted by Gasteiger charge is 2.10. The SMILES string of the molecule is O=C(O)Cn1nnnc1SCc1cccc2ccccc12. The van der Waals surface area contributed by atoms with Crippen molar-refractivity contribution in [1.29, 1.82) is 0 Å². The molecule has 0 saturated heterocycles. The number of hydrogen-bond donors (Lipinski definition) is 1. The lowest BCUT2D eigenvalue weighted by Gasteiger charge is -2.06. The molecule has 0 fully saturated rings. The number of tetrazole rings is 1. The van der Waals surface area contributed by atoms with Gasteiger partial charge in [0.15, 0.2) is 0 Å². The monoisotopic (exact) mass is 300 g/mol. The molecule has 1 heterocycles. The number of hydrogen-bond acceptors (Lipinski definition) is 5. The molecule has 0 bridgehead atoms. The lowest BCUT2D eigenvalue weighted by molar-refractivity contribution is -0.138. The molecule has 6 nitrogen and oxygen atoms in total. The fraction of sp³-hybridized carbons (Fsp3) is 0.143. The number of aliphatic carboxylic acids is 1. The average Bonchev–Trinajstić information content (AvgIpc) is 2.91. The third-order valence-corrected chi connectivity index (χ3v) is 4.03. The van der Waals surface area contributed by atoms with Crippen molar-refractivity contribution in [2.24, 2.45) is 0 Å². The minimum absolute atomic E-state index is 0.231. The van der Waals surface area contributed by atoms with E-state index in [0.717, 1.165) is 0 Å². The van der Waals surface area contributed by atoms with Gasteiger partial charge in [0, 0.05) is 5.75 Å². The summed E-state index contributed by atoms with van der Waals surface area (Å²) in [7, 11) is 0. The highest BCUT2D eigenvalue weighted by Crippen LogP contribution is 2.25. The number of aromatic nitrogens is 4. The van der Waals surface area contributed by atoms with Gasteiger partial charge in [0.1, 0.15) is 6.54 Å². The molecule has 0 atom stereocenters. The van der Waals surface area contributed by atoms with Crippen LogP contribution in [0.15, 0.2) is 47.6 Å². The largest absolute Gasteiger partial charge is 0.480 e. The van der Waals surface area contributed by atoms with E-state index in [1.54, 1.807) is 0 Å². The van der Waals surface area contributed by atoms with Crippen LogP contribution in [0, 0.1) is 0 Å². The van der Waals surface area contributed by atoms with Crippen LogP contribution in [0.4, 0.5) is 0 Å². The van der Waals surface area contributed by atoms with Crippen molar-refractivity contribution in [3.8, 4) is 0 Å². The van der Waals surface area contributed by atoms with Crippen molar-refractivity contribution >= 4 is 28.5 Å². The van der Waals surface area contributed by atoms with Crippen molar-refractivity contribution in [1.82, 2.24) is 20.2 Å². The minimum atomic E-state index is -0.964. The first-order valence-electron chi connectivity index (χ1n) is 6.31. The summed E-state index contributed by atoms with van der Waals surface area (Å²) in [5.74, 6) is -0.282. The second kappa shape index (κ2) is 5.92. The van der Waals surface area contributed by atoms with E-state index < -0.39 is 5.97 Å². The van der Waals surface area contributed by atoms with Crippen molar-refractivity contribution in [2.75, 3.05) is 0 Å². The van der Waals surface area contributed by atoms with Gasteiger partial charge >= 0.3 is 5.97 Å². The molecule has 0 aliphatic rings. The molecule has 0 amide bonds. The molecular formula is C14H12N4O2S. The average molecular weight is 300 g/mol. The highest BCUT2D eigenvalue weighted by molar-refractivity contribution is 7.98. The van der Waals surface area contributed by atoms with Crippen LogP contribution in [0.1, 0.15) is 5.56 Å². The Morgan fingerprint density at radius 2 is 2.00 bits per heavy atom. The summed E-state index contributed by atoms with van der Waals surface area (Å²) in [6, 6.07) is 14.3. The minimum Gasteiger partial charge on any atom is -0.480 e. The Balaban J connectivity index is 1.81. The Labute approximate surface area is 124 Å². The zero-order valence-corrected chi connectivity index (χ0v) is 11.8. The lowest BCUT2D eigenvalue weighted by Crippen LogP contribution is -2.11. The molecule has 0 saturated carbocycles. The van der Waals surface area contributed by atoms with E-state index in [4.69, 9.17) is 5.11 Å². The number of rotatable bonds is 5. The van der Waals surface area contributed by atoms with Gasteiger partial charge in [-0.15, -0.1) is 5.10 Å². The molecule has 1 aromatic heterocycles. The number of thioether (sulfide) groups is 1. The molecular weight excluding hydrogens is 288 g/mol. The van der Waals surface area contributed by atoms with E-state index in [2.05, 4.69) is 39.8 Å². The van der Waals surface area contributed by atoms with Crippen LogP contribution in [-0.4, -0.2) is 31.3 Å². The van der Waals surface area contributed by atoms with Gasteiger partial charge in [-0.05, 0) is 26.8 Å². The van der Waals surface area contributed by atoms with Gasteiger partial charge in [-0.25, -0.2) is 4.68 Å². The smallest absolute Gasteiger partial charge is 0.325 e. The number of fused-ring (bicyclic) bond motifs is 1. The van der Waals surface area contributed by atoms with E-state index in [1.807, 2.05) is 18.2 Å². The predicted octanol–water partition coefficient (Wildman–Crippen LogP) is 2.20. The Morgan fingerprint density at radius 1 is 1.19 bits per heavy atom. The van der Waals surface area contributed by atoms with Gasteiger partial charge < -0.3 is 5.11 Å². The summed E-state index contributed by atoms with van der Waals surface area (Å²) in [6.07, 6.45) is 0. The zero-order valence-electron chi connectivity index (χ0n) is 11.0. The van der Waals surface area contributed by atoms with Crippen molar-refractivity contribution in [3.05, 3.63) is 48.0 Å². The summed E-state index contributed by atoms with van der Waals surface area (Å²) >= 11 is 1.43. The van der Waals surface area contributed by atoms with Crippen LogP contribution in [-0.2, 0) is 17.1 Å². The predicted molar refractivity (Wildman–Crippen MR) is 79.0 cm³/mol. The third-order valence-electron chi connectivity index (χ3n) is 3.02. The quantitative estimate of drug-likeness (QED) is 0.728. The molecule has 0 radical (unpaired) electrons. The maximum atomic E-state index is 10.7.